The molecule has 0 saturated carbocycles. The van der Waals surface area contributed by atoms with Crippen LogP contribution in [0.25, 0.3) is 0 Å². The van der Waals surface area contributed by atoms with Crippen LogP contribution in [0.3, 0.4) is 0 Å². The number of rotatable bonds is 3. The minimum atomic E-state index is -0.320. The van der Waals surface area contributed by atoms with E-state index >= 15 is 0 Å². The van der Waals surface area contributed by atoms with Crippen molar-refractivity contribution in [2.75, 3.05) is 0 Å². The summed E-state index contributed by atoms with van der Waals surface area (Å²) in [6.45, 7) is 0. The Morgan fingerprint density at radius 1 is 1.18 bits per heavy atom. The van der Waals surface area contributed by atoms with Gasteiger partial charge in [-0.1, -0.05) is 30.3 Å². The highest BCUT2D eigenvalue weighted by Gasteiger charge is 2.31. The Balaban J connectivity index is 1.72. The summed E-state index contributed by atoms with van der Waals surface area (Å²) in [5.74, 6) is 0.285. The molecule has 1 aromatic carbocycles. The molecule has 1 heterocycles. The Kier molecular flexibility index (Phi) is 2.65. The van der Waals surface area contributed by atoms with Crippen molar-refractivity contribution in [3.05, 3.63) is 65.5 Å². The number of pyridine rings is 1. The molecule has 0 amide bonds. The van der Waals surface area contributed by atoms with Gasteiger partial charge in [0.15, 0.2) is 0 Å². The zero-order chi connectivity index (χ0) is 11.7. The molecule has 2 atom stereocenters. The van der Waals surface area contributed by atoms with Gasteiger partial charge in [-0.25, -0.2) is 0 Å². The van der Waals surface area contributed by atoms with Gasteiger partial charge in [-0.05, 0) is 29.7 Å². The maximum atomic E-state index is 10.2. The van der Waals surface area contributed by atoms with E-state index in [-0.39, 0.29) is 12.0 Å². The van der Waals surface area contributed by atoms with Gasteiger partial charge in [0.25, 0.3) is 0 Å². The van der Waals surface area contributed by atoms with Gasteiger partial charge < -0.3 is 5.11 Å². The Morgan fingerprint density at radius 3 is 2.76 bits per heavy atom. The molecule has 0 saturated heterocycles. The van der Waals surface area contributed by atoms with E-state index < -0.39 is 0 Å². The monoisotopic (exact) mass is 225 g/mol. The molecule has 1 aromatic heterocycles. The third kappa shape index (κ3) is 1.96. The van der Waals surface area contributed by atoms with Crippen LogP contribution in [-0.2, 0) is 12.8 Å². The highest BCUT2D eigenvalue weighted by molar-refractivity contribution is 5.41. The van der Waals surface area contributed by atoms with Crippen LogP contribution in [0.15, 0.2) is 48.7 Å². The molecule has 0 radical (unpaired) electrons. The highest BCUT2D eigenvalue weighted by atomic mass is 16.3. The van der Waals surface area contributed by atoms with Crippen LogP contribution in [0, 0.1) is 0 Å². The predicted molar refractivity (Wildman–Crippen MR) is 66.8 cm³/mol. The van der Waals surface area contributed by atoms with Crippen LogP contribution in [-0.4, -0.2) is 16.2 Å². The predicted octanol–water partition coefficient (Wildman–Crippen LogP) is 2.32. The lowest BCUT2D eigenvalue weighted by Gasteiger charge is -2.33. The summed E-state index contributed by atoms with van der Waals surface area (Å²) in [6.07, 6.45) is 3.08. The third-order valence-electron chi connectivity index (χ3n) is 3.50. The first kappa shape index (κ1) is 10.5. The number of fused-ring (bicyclic) bond motifs is 1. The lowest BCUT2D eigenvalue weighted by atomic mass is 9.73. The number of aromatic nitrogens is 1. The number of hydrogen-bond donors (Lipinski definition) is 1. The van der Waals surface area contributed by atoms with Crippen LogP contribution in [0.4, 0.5) is 0 Å². The maximum Gasteiger partial charge on any atom is 0.0667 e. The molecular weight excluding hydrogens is 210 g/mol. The molecule has 1 aliphatic carbocycles. The largest absolute Gasteiger partial charge is 0.392 e. The van der Waals surface area contributed by atoms with Gasteiger partial charge in [0.2, 0.25) is 0 Å². The minimum Gasteiger partial charge on any atom is -0.392 e. The van der Waals surface area contributed by atoms with Crippen molar-refractivity contribution in [1.29, 1.82) is 0 Å². The summed E-state index contributed by atoms with van der Waals surface area (Å²) in [7, 11) is 0. The Labute approximate surface area is 101 Å². The molecule has 3 rings (SSSR count). The molecule has 0 spiro atoms. The SMILES string of the molecule is OC(Cc1ccccn1)C1Cc2ccccc21. The Hall–Kier alpha value is -1.67. The first-order valence-corrected chi connectivity index (χ1v) is 6.00. The summed E-state index contributed by atoms with van der Waals surface area (Å²) >= 11 is 0. The molecule has 0 fully saturated rings. The van der Waals surface area contributed by atoms with Crippen molar-refractivity contribution in [3.63, 3.8) is 0 Å². The van der Waals surface area contributed by atoms with Crippen molar-refractivity contribution in [1.82, 2.24) is 4.98 Å². The summed E-state index contributed by atoms with van der Waals surface area (Å²) in [5, 5.41) is 10.2. The van der Waals surface area contributed by atoms with Crippen molar-refractivity contribution in [3.8, 4) is 0 Å². The topological polar surface area (TPSA) is 33.1 Å². The fourth-order valence-electron chi connectivity index (χ4n) is 2.52. The van der Waals surface area contributed by atoms with E-state index in [1.165, 1.54) is 11.1 Å². The Morgan fingerprint density at radius 2 is 2.00 bits per heavy atom. The molecule has 2 unspecified atom stereocenters. The van der Waals surface area contributed by atoms with Crippen molar-refractivity contribution in [2.24, 2.45) is 0 Å². The van der Waals surface area contributed by atoms with Crippen LogP contribution in [0.5, 0.6) is 0 Å². The van der Waals surface area contributed by atoms with Crippen LogP contribution < -0.4 is 0 Å². The average molecular weight is 225 g/mol. The lowest BCUT2D eigenvalue weighted by molar-refractivity contribution is 0.132. The zero-order valence-electron chi connectivity index (χ0n) is 9.58. The van der Waals surface area contributed by atoms with E-state index in [1.807, 2.05) is 24.3 Å². The van der Waals surface area contributed by atoms with Gasteiger partial charge >= 0.3 is 0 Å². The van der Waals surface area contributed by atoms with Crippen molar-refractivity contribution >= 4 is 0 Å². The average Bonchev–Trinajstić information content (AvgIpc) is 2.32. The van der Waals surface area contributed by atoms with Crippen LogP contribution in [0.1, 0.15) is 22.7 Å². The summed E-state index contributed by atoms with van der Waals surface area (Å²) in [6, 6.07) is 14.2. The van der Waals surface area contributed by atoms with E-state index in [1.54, 1.807) is 6.20 Å². The highest BCUT2D eigenvalue weighted by Crippen LogP contribution is 2.37. The normalized spacial score (nSPS) is 19.2. The third-order valence-corrected chi connectivity index (χ3v) is 3.50. The summed E-state index contributed by atoms with van der Waals surface area (Å²) in [4.78, 5) is 4.26. The molecule has 2 nitrogen and oxygen atoms in total. The van der Waals surface area contributed by atoms with Crippen LogP contribution >= 0.6 is 0 Å². The molecule has 1 aliphatic rings. The first-order valence-electron chi connectivity index (χ1n) is 6.00. The molecule has 2 aromatic rings. The first-order chi connectivity index (χ1) is 8.34. The van der Waals surface area contributed by atoms with Gasteiger partial charge in [0, 0.05) is 24.2 Å². The van der Waals surface area contributed by atoms with E-state index in [2.05, 4.69) is 23.2 Å². The molecular formula is C15H15NO. The van der Waals surface area contributed by atoms with Gasteiger partial charge in [-0.3, -0.25) is 4.98 Å². The second-order valence-corrected chi connectivity index (χ2v) is 4.60. The maximum absolute atomic E-state index is 10.2. The fourth-order valence-corrected chi connectivity index (χ4v) is 2.52. The zero-order valence-corrected chi connectivity index (χ0v) is 9.58. The summed E-state index contributed by atoms with van der Waals surface area (Å²) in [5.41, 5.74) is 3.64. The summed E-state index contributed by atoms with van der Waals surface area (Å²) < 4.78 is 0. The molecule has 86 valence electrons. The molecule has 0 aliphatic heterocycles. The van der Waals surface area contributed by atoms with Gasteiger partial charge in [-0.2, -0.15) is 0 Å². The van der Waals surface area contributed by atoms with Gasteiger partial charge in [0.05, 0.1) is 6.10 Å². The molecule has 0 bridgehead atoms. The number of aliphatic hydroxyl groups is 1. The quantitative estimate of drug-likeness (QED) is 0.869. The molecule has 17 heavy (non-hydrogen) atoms. The van der Waals surface area contributed by atoms with Gasteiger partial charge in [0.1, 0.15) is 0 Å². The van der Waals surface area contributed by atoms with E-state index in [0.29, 0.717) is 6.42 Å². The van der Waals surface area contributed by atoms with Crippen LogP contribution in [0.2, 0.25) is 0 Å². The van der Waals surface area contributed by atoms with Crippen molar-refractivity contribution in [2.45, 2.75) is 24.9 Å². The van der Waals surface area contributed by atoms with Crippen molar-refractivity contribution < 1.29 is 5.11 Å². The number of aliphatic hydroxyl groups excluding tert-OH is 1. The fraction of sp³-hybridized carbons (Fsp3) is 0.267. The standard InChI is InChI=1S/C15H15NO/c17-15(10-12-6-3-4-8-16-12)14-9-11-5-1-2-7-13(11)14/h1-8,14-15,17H,9-10H2. The lowest BCUT2D eigenvalue weighted by Crippen LogP contribution is -2.30. The van der Waals surface area contributed by atoms with Gasteiger partial charge in [-0.15, -0.1) is 0 Å². The minimum absolute atomic E-state index is 0.285. The molecule has 2 heteroatoms. The number of hydrogen-bond acceptors (Lipinski definition) is 2. The van der Waals surface area contributed by atoms with E-state index in [9.17, 15) is 5.11 Å². The Bertz CT molecular complexity index is 509. The second-order valence-electron chi connectivity index (χ2n) is 4.60. The van der Waals surface area contributed by atoms with E-state index in [0.717, 1.165) is 12.1 Å². The second kappa shape index (κ2) is 4.30. The number of nitrogens with zero attached hydrogens (tertiary/aromatic N) is 1. The molecule has 1 N–H and O–H groups in total. The van der Waals surface area contributed by atoms with E-state index in [4.69, 9.17) is 0 Å². The number of benzene rings is 1. The smallest absolute Gasteiger partial charge is 0.0667 e.